The van der Waals surface area contributed by atoms with Crippen molar-refractivity contribution in [2.45, 2.75) is 38.3 Å². The number of ether oxygens (including phenoxy) is 2. The molecule has 0 spiro atoms. The number of hydrogen-bond donors (Lipinski definition) is 0. The third-order valence-corrected chi connectivity index (χ3v) is 2.68. The maximum Gasteiger partial charge on any atom is 0.389 e. The van der Waals surface area contributed by atoms with Gasteiger partial charge in [-0.3, -0.25) is 0 Å². The van der Waals surface area contributed by atoms with Gasteiger partial charge in [0.1, 0.15) is 11.5 Å². The molecule has 0 bridgehead atoms. The molecule has 1 aromatic rings. The van der Waals surface area contributed by atoms with Crippen LogP contribution in [0.2, 0.25) is 0 Å². The summed E-state index contributed by atoms with van der Waals surface area (Å²) in [6.07, 6.45) is -2.40. The lowest BCUT2D eigenvalue weighted by atomic mass is 10.1. The van der Waals surface area contributed by atoms with Crippen molar-refractivity contribution >= 4 is 0 Å². The lowest BCUT2D eigenvalue weighted by Crippen LogP contribution is -2.06. The molecule has 0 atom stereocenters. The van der Waals surface area contributed by atoms with Crippen molar-refractivity contribution in [2.24, 2.45) is 0 Å². The fourth-order valence-corrected chi connectivity index (χ4v) is 1.64. The van der Waals surface area contributed by atoms with Crippen LogP contribution in [0.1, 0.15) is 32.1 Å². The zero-order valence-electron chi connectivity index (χ0n) is 11.0. The maximum atomic E-state index is 11.9. The van der Waals surface area contributed by atoms with E-state index in [1.165, 1.54) is 0 Å². The Morgan fingerprint density at radius 2 is 1.47 bits per heavy atom. The summed E-state index contributed by atoms with van der Waals surface area (Å²) in [4.78, 5) is 0. The molecule has 0 fully saturated rings. The summed E-state index contributed by atoms with van der Waals surface area (Å²) in [5, 5.41) is 0. The molecule has 0 saturated carbocycles. The summed E-state index contributed by atoms with van der Waals surface area (Å²) >= 11 is 0. The molecule has 0 heterocycles. The lowest BCUT2D eigenvalue weighted by molar-refractivity contribution is -0.135. The number of halogens is 3. The van der Waals surface area contributed by atoms with E-state index < -0.39 is 12.6 Å². The molecule has 0 saturated heterocycles. The average Bonchev–Trinajstić information content (AvgIpc) is 2.37. The zero-order valence-corrected chi connectivity index (χ0v) is 11.0. The lowest BCUT2D eigenvalue weighted by Gasteiger charge is -2.07. The van der Waals surface area contributed by atoms with Gasteiger partial charge in [0.15, 0.2) is 0 Å². The summed E-state index contributed by atoms with van der Waals surface area (Å²) in [5.41, 5.74) is 0. The van der Waals surface area contributed by atoms with Crippen LogP contribution < -0.4 is 9.47 Å². The van der Waals surface area contributed by atoms with E-state index in [1.54, 1.807) is 19.2 Å². The molecule has 2 nitrogen and oxygen atoms in total. The van der Waals surface area contributed by atoms with Gasteiger partial charge in [0.05, 0.1) is 13.7 Å². The van der Waals surface area contributed by atoms with E-state index >= 15 is 0 Å². The Hall–Kier alpha value is -1.39. The number of unbranched alkanes of at least 4 members (excludes halogenated alkanes) is 3. The third-order valence-electron chi connectivity index (χ3n) is 2.68. The van der Waals surface area contributed by atoms with Crippen LogP contribution in [-0.2, 0) is 0 Å². The molecule has 0 N–H and O–H groups in total. The number of methoxy groups -OCH3 is 1. The van der Waals surface area contributed by atoms with Crippen LogP contribution in [-0.4, -0.2) is 19.9 Å². The highest BCUT2D eigenvalue weighted by molar-refractivity contribution is 5.31. The van der Waals surface area contributed by atoms with E-state index in [0.717, 1.165) is 24.3 Å². The zero-order chi connectivity index (χ0) is 14.1. The van der Waals surface area contributed by atoms with Gasteiger partial charge in [-0.05, 0) is 37.1 Å². The highest BCUT2D eigenvalue weighted by Crippen LogP contribution is 2.23. The third kappa shape index (κ3) is 7.59. The van der Waals surface area contributed by atoms with E-state index in [9.17, 15) is 13.2 Å². The smallest absolute Gasteiger partial charge is 0.389 e. The Bertz CT molecular complexity index is 347. The van der Waals surface area contributed by atoms with Crippen molar-refractivity contribution in [3.63, 3.8) is 0 Å². The van der Waals surface area contributed by atoms with E-state index in [0.29, 0.717) is 13.0 Å². The first-order valence-electron chi connectivity index (χ1n) is 6.35. The molecular formula is C14H19F3O2. The van der Waals surface area contributed by atoms with Crippen LogP contribution >= 0.6 is 0 Å². The first kappa shape index (κ1) is 15.7. The SMILES string of the molecule is COc1ccc(OCCCCCCC(F)(F)F)cc1. The fraction of sp³-hybridized carbons (Fsp3) is 0.571. The summed E-state index contributed by atoms with van der Waals surface area (Å²) in [7, 11) is 1.59. The molecule has 0 aliphatic rings. The van der Waals surface area contributed by atoms with E-state index in [4.69, 9.17) is 9.47 Å². The highest BCUT2D eigenvalue weighted by Gasteiger charge is 2.25. The number of alkyl halides is 3. The first-order valence-corrected chi connectivity index (χ1v) is 6.35. The Morgan fingerprint density at radius 3 is 2.05 bits per heavy atom. The van der Waals surface area contributed by atoms with Gasteiger partial charge in [-0.1, -0.05) is 12.8 Å². The fourth-order valence-electron chi connectivity index (χ4n) is 1.64. The molecule has 0 radical (unpaired) electrons. The Labute approximate surface area is 111 Å². The van der Waals surface area contributed by atoms with Gasteiger partial charge < -0.3 is 9.47 Å². The summed E-state index contributed by atoms with van der Waals surface area (Å²) < 4.78 is 46.1. The number of hydrogen-bond acceptors (Lipinski definition) is 2. The predicted molar refractivity (Wildman–Crippen MR) is 67.6 cm³/mol. The van der Waals surface area contributed by atoms with E-state index in [1.807, 2.05) is 12.1 Å². The van der Waals surface area contributed by atoms with Crippen LogP contribution in [0.3, 0.4) is 0 Å². The molecule has 1 aromatic carbocycles. The first-order chi connectivity index (χ1) is 9.01. The topological polar surface area (TPSA) is 18.5 Å². The molecular weight excluding hydrogens is 257 g/mol. The van der Waals surface area contributed by atoms with Crippen molar-refractivity contribution in [1.29, 1.82) is 0 Å². The highest BCUT2D eigenvalue weighted by atomic mass is 19.4. The standard InChI is InChI=1S/C14H19F3O2/c1-18-12-6-8-13(9-7-12)19-11-5-3-2-4-10-14(15,16)17/h6-9H,2-5,10-11H2,1H3. The molecule has 0 aromatic heterocycles. The second-order valence-electron chi connectivity index (χ2n) is 4.30. The number of benzene rings is 1. The molecule has 0 aliphatic heterocycles. The van der Waals surface area contributed by atoms with Crippen LogP contribution in [0, 0.1) is 0 Å². The van der Waals surface area contributed by atoms with Gasteiger partial charge in [0, 0.05) is 6.42 Å². The second-order valence-corrected chi connectivity index (χ2v) is 4.30. The van der Waals surface area contributed by atoms with Crippen LogP contribution in [0.4, 0.5) is 13.2 Å². The minimum absolute atomic E-state index is 0.200. The summed E-state index contributed by atoms with van der Waals surface area (Å²) in [6.45, 7) is 0.526. The predicted octanol–water partition coefficient (Wildman–Crippen LogP) is 4.59. The quantitative estimate of drug-likeness (QED) is 0.647. The number of rotatable bonds is 8. The maximum absolute atomic E-state index is 11.9. The molecule has 19 heavy (non-hydrogen) atoms. The van der Waals surface area contributed by atoms with Crippen molar-refractivity contribution in [1.82, 2.24) is 0 Å². The van der Waals surface area contributed by atoms with Crippen molar-refractivity contribution in [3.8, 4) is 11.5 Å². The van der Waals surface area contributed by atoms with E-state index in [2.05, 4.69) is 0 Å². The van der Waals surface area contributed by atoms with Crippen molar-refractivity contribution < 1.29 is 22.6 Å². The van der Waals surface area contributed by atoms with Gasteiger partial charge in [0.2, 0.25) is 0 Å². The van der Waals surface area contributed by atoms with Crippen LogP contribution in [0.25, 0.3) is 0 Å². The monoisotopic (exact) mass is 276 g/mol. The molecule has 1 rings (SSSR count). The Balaban J connectivity index is 2.04. The summed E-state index contributed by atoms with van der Waals surface area (Å²) in [6, 6.07) is 7.22. The minimum Gasteiger partial charge on any atom is -0.497 e. The second kappa shape index (κ2) is 7.92. The Kier molecular flexibility index (Phi) is 6.53. The molecule has 0 aliphatic carbocycles. The van der Waals surface area contributed by atoms with Gasteiger partial charge in [-0.2, -0.15) is 13.2 Å². The van der Waals surface area contributed by atoms with Gasteiger partial charge in [-0.25, -0.2) is 0 Å². The van der Waals surface area contributed by atoms with Crippen LogP contribution in [0.15, 0.2) is 24.3 Å². The normalized spacial score (nSPS) is 11.4. The molecule has 108 valence electrons. The molecule has 0 unspecified atom stereocenters. The largest absolute Gasteiger partial charge is 0.497 e. The average molecular weight is 276 g/mol. The van der Waals surface area contributed by atoms with Gasteiger partial charge >= 0.3 is 6.18 Å². The van der Waals surface area contributed by atoms with Gasteiger partial charge in [0.25, 0.3) is 0 Å². The minimum atomic E-state index is -4.03. The van der Waals surface area contributed by atoms with Crippen molar-refractivity contribution in [3.05, 3.63) is 24.3 Å². The van der Waals surface area contributed by atoms with Crippen LogP contribution in [0.5, 0.6) is 11.5 Å². The molecule has 5 heteroatoms. The summed E-state index contributed by atoms with van der Waals surface area (Å²) in [5.74, 6) is 1.51. The van der Waals surface area contributed by atoms with E-state index in [-0.39, 0.29) is 6.42 Å². The van der Waals surface area contributed by atoms with Gasteiger partial charge in [-0.15, -0.1) is 0 Å². The van der Waals surface area contributed by atoms with Crippen molar-refractivity contribution in [2.75, 3.05) is 13.7 Å². The molecule has 0 amide bonds. The Morgan fingerprint density at radius 1 is 0.895 bits per heavy atom.